The highest BCUT2D eigenvalue weighted by Crippen LogP contribution is 2.58. The molecule has 17 rings (SSSR count). The van der Waals surface area contributed by atoms with Gasteiger partial charge in [-0.15, -0.1) is 22.7 Å². The molecule has 0 N–H and O–H groups in total. The molecular weight excluding hydrogens is 1210 g/mol. The second-order valence-electron chi connectivity index (χ2n) is 25.5. The third kappa shape index (κ3) is 9.39. The van der Waals surface area contributed by atoms with Gasteiger partial charge in [0, 0.05) is 87.4 Å². The second kappa shape index (κ2) is 23.7. The lowest BCUT2D eigenvalue weighted by Crippen LogP contribution is -2.23. The van der Waals surface area contributed by atoms with Gasteiger partial charge in [0.15, 0.2) is 11.5 Å². The smallest absolute Gasteiger partial charge is 0.163 e. The first kappa shape index (κ1) is 59.1. The van der Waals surface area contributed by atoms with Gasteiger partial charge in [-0.3, -0.25) is 0 Å². The summed E-state index contributed by atoms with van der Waals surface area (Å²) in [5, 5.41) is 4.37. The predicted molar refractivity (Wildman–Crippen MR) is 406 cm³/mol. The van der Waals surface area contributed by atoms with Gasteiger partial charge in [-0.2, -0.15) is 0 Å². The number of anilines is 6. The number of hydrogen-bond donors (Lipinski definition) is 0. The molecule has 6 nitrogen and oxygen atoms in total. The van der Waals surface area contributed by atoms with Crippen molar-refractivity contribution in [2.24, 2.45) is 0 Å². The van der Waals surface area contributed by atoms with Crippen LogP contribution in [0.4, 0.5) is 34.1 Å². The summed E-state index contributed by atoms with van der Waals surface area (Å²) in [6, 6.07) is 98.5. The number of nitrogens with zero attached hydrogens (tertiary/aromatic N) is 4. The molecule has 0 atom stereocenters. The van der Waals surface area contributed by atoms with Crippen LogP contribution in [0.25, 0.3) is 108 Å². The molecule has 0 aliphatic heterocycles. The number of methoxy groups -OCH3 is 2. The van der Waals surface area contributed by atoms with Crippen LogP contribution in [0.2, 0.25) is 0 Å². The fourth-order valence-electron chi connectivity index (χ4n) is 16.1. The topological polar surface area (TPSA) is 50.7 Å². The summed E-state index contributed by atoms with van der Waals surface area (Å²) in [5.41, 5.74) is 25.5. The molecule has 466 valence electrons. The van der Waals surface area contributed by atoms with Crippen molar-refractivity contribution in [2.75, 3.05) is 24.0 Å². The number of rotatable bonds is 16. The Morgan fingerprint density at radius 1 is 0.302 bits per heavy atom. The van der Waals surface area contributed by atoms with Crippen molar-refractivity contribution < 1.29 is 9.47 Å². The van der Waals surface area contributed by atoms with Crippen molar-refractivity contribution in [2.45, 2.75) is 64.2 Å². The first-order valence-electron chi connectivity index (χ1n) is 33.6. The first-order valence-corrected chi connectivity index (χ1v) is 35.2. The van der Waals surface area contributed by atoms with E-state index in [1.54, 1.807) is 14.2 Å². The minimum Gasteiger partial charge on any atom is -0.493 e. The van der Waals surface area contributed by atoms with E-state index in [4.69, 9.17) is 19.4 Å². The number of benzene rings is 12. The van der Waals surface area contributed by atoms with Crippen molar-refractivity contribution >= 4 is 100 Å². The van der Waals surface area contributed by atoms with Gasteiger partial charge in [-0.25, -0.2) is 9.97 Å². The van der Waals surface area contributed by atoms with Crippen LogP contribution < -0.4 is 19.3 Å². The first-order chi connectivity index (χ1) is 47.2. The zero-order chi connectivity index (χ0) is 64.8. The number of thiophene rings is 2. The number of hydrogen-bond acceptors (Lipinski definition) is 8. The average Bonchev–Trinajstić information content (AvgIpc) is 1.74. The van der Waals surface area contributed by atoms with E-state index in [1.165, 1.54) is 86.5 Å². The quantitative estimate of drug-likeness (QED) is 0.0710. The van der Waals surface area contributed by atoms with Crippen LogP contribution in [0.15, 0.2) is 267 Å². The SMILES string of the molecule is CCC1(CC)c2cc(-c3ccc(-c4ccc5c6ccc(-c7ccc(-c8ccc9c(c8)C(CC)(CC)c8cc(N(c%10ccccc%10)c%10ccccc%10)ccc8-9)s7)cc6c6nc7cc(OC)c(OC)cc7nc6c5c4)s3)ccc2-c2ccc(N(c3ccccc3)c3ccccc3)cc21. The van der Waals surface area contributed by atoms with E-state index in [-0.39, 0.29) is 10.8 Å². The van der Waals surface area contributed by atoms with Crippen molar-refractivity contribution in [1.29, 1.82) is 0 Å². The van der Waals surface area contributed by atoms with Crippen LogP contribution in [0.1, 0.15) is 75.6 Å². The Bertz CT molecular complexity index is 5100. The second-order valence-corrected chi connectivity index (χ2v) is 27.7. The summed E-state index contributed by atoms with van der Waals surface area (Å²) in [6.07, 6.45) is 3.98. The molecule has 0 bridgehead atoms. The molecular formula is C88H70N4O2S2. The molecule has 3 aromatic heterocycles. The van der Waals surface area contributed by atoms with Gasteiger partial charge in [0.2, 0.25) is 0 Å². The summed E-state index contributed by atoms with van der Waals surface area (Å²) in [6.45, 7) is 9.45. The lowest BCUT2D eigenvalue weighted by Gasteiger charge is -2.32. The van der Waals surface area contributed by atoms with Gasteiger partial charge in [0.1, 0.15) is 0 Å². The molecule has 12 aromatic carbocycles. The molecule has 0 spiro atoms. The monoisotopic (exact) mass is 1280 g/mol. The minimum absolute atomic E-state index is 0.137. The number of para-hydroxylation sites is 4. The third-order valence-electron chi connectivity index (χ3n) is 21.0. The maximum absolute atomic E-state index is 5.84. The molecule has 15 aromatic rings. The van der Waals surface area contributed by atoms with Crippen molar-refractivity contribution in [3.8, 4) is 75.5 Å². The van der Waals surface area contributed by atoms with E-state index in [1.807, 2.05) is 34.8 Å². The molecule has 96 heavy (non-hydrogen) atoms. The standard InChI is InChI=1S/C88H70N4O2S2/c1-7-87(8-2)73-49-57(33-39-67(73)69-41-35-63(51-75(69)87)91(59-23-15-11-16-24-59)60-25-17-12-18-26-60)83-45-43-81(95-83)55-31-37-65-66-38-32-56(48-72(66)86-85(71(65)47-55)89-77-53-79(93-5)80(94-6)54-78(77)90-86)82-44-46-84(96-82)58-34-40-68-70-42-36-64(52-76(70)88(9-3,10-4)74(68)50-58)92(61-27-19-13-20-28-61)62-29-21-14-22-30-62/h11-54H,7-10H2,1-6H3. The summed E-state index contributed by atoms with van der Waals surface area (Å²) in [7, 11) is 3.34. The largest absolute Gasteiger partial charge is 0.493 e. The van der Waals surface area contributed by atoms with E-state index in [9.17, 15) is 0 Å². The molecule has 0 amide bonds. The van der Waals surface area contributed by atoms with Crippen molar-refractivity contribution in [3.05, 3.63) is 289 Å². The third-order valence-corrected chi connectivity index (χ3v) is 23.4. The molecule has 3 heterocycles. The van der Waals surface area contributed by atoms with Crippen LogP contribution in [-0.4, -0.2) is 24.2 Å². The Labute approximate surface area is 569 Å². The van der Waals surface area contributed by atoms with Gasteiger partial charge < -0.3 is 19.3 Å². The lowest BCUT2D eigenvalue weighted by atomic mass is 9.73. The number of fused-ring (bicyclic) bond motifs is 13. The summed E-state index contributed by atoms with van der Waals surface area (Å²) < 4.78 is 11.7. The Morgan fingerprint density at radius 3 is 0.927 bits per heavy atom. The van der Waals surface area contributed by atoms with Gasteiger partial charge in [-0.05, 0) is 225 Å². The normalized spacial score (nSPS) is 13.2. The molecule has 2 aliphatic carbocycles. The summed E-state index contributed by atoms with van der Waals surface area (Å²) >= 11 is 3.69. The molecule has 0 saturated carbocycles. The maximum Gasteiger partial charge on any atom is 0.163 e. The predicted octanol–water partition coefficient (Wildman–Crippen LogP) is 25.0. The number of aromatic nitrogens is 2. The lowest BCUT2D eigenvalue weighted by molar-refractivity contribution is 0.355. The average molecular weight is 1280 g/mol. The highest BCUT2D eigenvalue weighted by Gasteiger charge is 2.43. The van der Waals surface area contributed by atoms with E-state index in [0.29, 0.717) is 11.5 Å². The molecule has 8 heteroatoms. The molecule has 0 fully saturated rings. The van der Waals surface area contributed by atoms with Crippen molar-refractivity contribution in [3.63, 3.8) is 0 Å². The molecule has 0 saturated heterocycles. The maximum atomic E-state index is 5.84. The van der Waals surface area contributed by atoms with Crippen LogP contribution >= 0.6 is 22.7 Å². The van der Waals surface area contributed by atoms with Crippen LogP contribution in [0, 0.1) is 0 Å². The van der Waals surface area contributed by atoms with Crippen LogP contribution in [-0.2, 0) is 10.8 Å². The Hall–Kier alpha value is -10.6. The summed E-state index contributed by atoms with van der Waals surface area (Å²) in [5.74, 6) is 1.23. The Balaban J connectivity index is 0.718. The van der Waals surface area contributed by atoms with Gasteiger partial charge in [-0.1, -0.05) is 161 Å². The number of ether oxygens (including phenoxy) is 2. The van der Waals surface area contributed by atoms with E-state index >= 15 is 0 Å². The van der Waals surface area contributed by atoms with Crippen LogP contribution in [0.5, 0.6) is 11.5 Å². The molecule has 0 unspecified atom stereocenters. The zero-order valence-electron chi connectivity index (χ0n) is 54.7. The van der Waals surface area contributed by atoms with Gasteiger partial charge in [0.25, 0.3) is 0 Å². The molecule has 0 radical (unpaired) electrons. The van der Waals surface area contributed by atoms with Crippen molar-refractivity contribution in [1.82, 2.24) is 9.97 Å². The fraction of sp³-hybridized carbons (Fsp3) is 0.136. The minimum atomic E-state index is -0.137. The summed E-state index contributed by atoms with van der Waals surface area (Å²) in [4.78, 5) is 20.7. The highest BCUT2D eigenvalue weighted by atomic mass is 32.1. The van der Waals surface area contributed by atoms with Crippen LogP contribution in [0.3, 0.4) is 0 Å². The van der Waals surface area contributed by atoms with Gasteiger partial charge >= 0.3 is 0 Å². The fourth-order valence-corrected chi connectivity index (χ4v) is 18.1. The highest BCUT2D eigenvalue weighted by molar-refractivity contribution is 7.19. The Morgan fingerprint density at radius 2 is 0.604 bits per heavy atom. The van der Waals surface area contributed by atoms with Gasteiger partial charge in [0.05, 0.1) is 36.3 Å². The van der Waals surface area contributed by atoms with E-state index < -0.39 is 0 Å². The van der Waals surface area contributed by atoms with E-state index in [0.717, 1.165) is 103 Å². The van der Waals surface area contributed by atoms with E-state index in [2.05, 4.69) is 292 Å². The molecule has 2 aliphatic rings. The zero-order valence-corrected chi connectivity index (χ0v) is 56.3. The Kier molecular flexibility index (Phi) is 14.6.